The second-order valence-electron chi connectivity index (χ2n) is 7.78. The normalized spacial score (nSPS) is 21.8. The Morgan fingerprint density at radius 3 is 2.75 bits per heavy atom. The van der Waals surface area contributed by atoms with Crippen LogP contribution in [0.15, 0.2) is 48.5 Å². The predicted octanol–water partition coefficient (Wildman–Crippen LogP) is 2.42. The van der Waals surface area contributed by atoms with Crippen LogP contribution in [0, 0.1) is 10.1 Å². The molecule has 0 spiro atoms. The van der Waals surface area contributed by atoms with Crippen LogP contribution in [-0.4, -0.2) is 45.8 Å². The molecule has 0 unspecified atom stereocenters. The molecular formula is C22H21N3O7. The molecule has 10 heteroatoms. The molecule has 166 valence electrons. The average Bonchev–Trinajstić information content (AvgIpc) is 3.28. The highest BCUT2D eigenvalue weighted by Gasteiger charge is 2.52. The molecule has 1 N–H and O–H groups in total. The van der Waals surface area contributed by atoms with E-state index in [-0.39, 0.29) is 30.3 Å². The van der Waals surface area contributed by atoms with Crippen LogP contribution >= 0.6 is 0 Å². The number of carbonyl (C=O) groups excluding carboxylic acids is 3. The smallest absolute Gasteiger partial charge is 0.329 e. The van der Waals surface area contributed by atoms with Crippen LogP contribution in [0.4, 0.5) is 11.4 Å². The maximum atomic E-state index is 13.3. The predicted molar refractivity (Wildman–Crippen MR) is 112 cm³/mol. The molecule has 0 saturated carbocycles. The van der Waals surface area contributed by atoms with E-state index in [9.17, 15) is 24.5 Å². The summed E-state index contributed by atoms with van der Waals surface area (Å²) in [5, 5.41) is 13.6. The molecule has 0 aromatic heterocycles. The molecule has 10 nitrogen and oxygen atoms in total. The molecular weight excluding hydrogens is 418 g/mol. The number of amides is 2. The number of benzene rings is 2. The Kier molecular flexibility index (Phi) is 5.52. The van der Waals surface area contributed by atoms with Crippen molar-refractivity contribution in [1.29, 1.82) is 0 Å². The number of carbonyl (C=O) groups is 3. The van der Waals surface area contributed by atoms with Crippen LogP contribution in [0.1, 0.15) is 25.3 Å². The first-order valence-electron chi connectivity index (χ1n) is 10.1. The number of esters is 1. The van der Waals surface area contributed by atoms with Gasteiger partial charge in [0, 0.05) is 12.6 Å². The number of hydrogen-bond donors (Lipinski definition) is 1. The first kappa shape index (κ1) is 21.3. The number of nitrogens with one attached hydrogen (secondary N) is 1. The van der Waals surface area contributed by atoms with E-state index in [0.717, 1.165) is 11.6 Å². The van der Waals surface area contributed by atoms with E-state index < -0.39 is 34.3 Å². The van der Waals surface area contributed by atoms with Crippen molar-refractivity contribution >= 4 is 29.2 Å². The lowest BCUT2D eigenvalue weighted by atomic mass is 10.00. The molecule has 2 aliphatic rings. The SMILES string of the molecule is C[C@@]1(C(=O)N2CCC[C@H]2C(=O)OCc2ccccc2)Oc2cc([N+](=O)[O-])ccc2NC1=O. The first-order chi connectivity index (χ1) is 15.3. The number of non-ortho nitro benzene ring substituents is 1. The van der Waals surface area contributed by atoms with Gasteiger partial charge in [0.1, 0.15) is 12.6 Å². The summed E-state index contributed by atoms with van der Waals surface area (Å²) >= 11 is 0. The van der Waals surface area contributed by atoms with E-state index in [0.29, 0.717) is 12.8 Å². The van der Waals surface area contributed by atoms with Crippen LogP contribution in [0.25, 0.3) is 0 Å². The fraction of sp³-hybridized carbons (Fsp3) is 0.318. The Bertz CT molecular complexity index is 1090. The molecule has 1 fully saturated rings. The van der Waals surface area contributed by atoms with Crippen molar-refractivity contribution in [3.63, 3.8) is 0 Å². The highest BCUT2D eigenvalue weighted by atomic mass is 16.6. The molecule has 2 atom stereocenters. The largest absolute Gasteiger partial charge is 0.465 e. The third-order valence-corrected chi connectivity index (χ3v) is 5.59. The molecule has 4 rings (SSSR count). The van der Waals surface area contributed by atoms with Gasteiger partial charge in [-0.15, -0.1) is 0 Å². The van der Waals surface area contributed by atoms with Crippen molar-refractivity contribution in [1.82, 2.24) is 4.90 Å². The lowest BCUT2D eigenvalue weighted by Gasteiger charge is -2.37. The van der Waals surface area contributed by atoms with Gasteiger partial charge in [-0.2, -0.15) is 0 Å². The molecule has 2 heterocycles. The molecule has 2 aliphatic heterocycles. The minimum Gasteiger partial charge on any atom is -0.465 e. The summed E-state index contributed by atoms with van der Waals surface area (Å²) in [6.07, 6.45) is 0.968. The Morgan fingerprint density at radius 1 is 1.28 bits per heavy atom. The molecule has 32 heavy (non-hydrogen) atoms. The number of ether oxygens (including phenoxy) is 2. The zero-order chi connectivity index (χ0) is 22.9. The summed E-state index contributed by atoms with van der Waals surface area (Å²) in [4.78, 5) is 50.5. The van der Waals surface area contributed by atoms with Gasteiger partial charge in [-0.1, -0.05) is 30.3 Å². The molecule has 2 aromatic carbocycles. The van der Waals surface area contributed by atoms with Crippen LogP contribution in [0.3, 0.4) is 0 Å². The fourth-order valence-corrected chi connectivity index (χ4v) is 3.81. The van der Waals surface area contributed by atoms with E-state index in [4.69, 9.17) is 9.47 Å². The zero-order valence-electron chi connectivity index (χ0n) is 17.3. The van der Waals surface area contributed by atoms with Gasteiger partial charge >= 0.3 is 5.97 Å². The number of fused-ring (bicyclic) bond motifs is 1. The Balaban J connectivity index is 1.51. The van der Waals surface area contributed by atoms with Crippen molar-refractivity contribution in [3.8, 4) is 5.75 Å². The van der Waals surface area contributed by atoms with E-state index in [1.54, 1.807) is 0 Å². The Morgan fingerprint density at radius 2 is 2.03 bits per heavy atom. The molecule has 2 aromatic rings. The average molecular weight is 439 g/mol. The van der Waals surface area contributed by atoms with Crippen LogP contribution in [0.5, 0.6) is 5.75 Å². The third-order valence-electron chi connectivity index (χ3n) is 5.59. The van der Waals surface area contributed by atoms with Crippen molar-refractivity contribution in [3.05, 3.63) is 64.2 Å². The number of likely N-dealkylation sites (tertiary alicyclic amines) is 1. The maximum Gasteiger partial charge on any atom is 0.329 e. The van der Waals surface area contributed by atoms with Crippen LogP contribution < -0.4 is 10.1 Å². The van der Waals surface area contributed by atoms with Crippen molar-refractivity contribution in [2.45, 2.75) is 38.0 Å². The maximum absolute atomic E-state index is 13.3. The zero-order valence-corrected chi connectivity index (χ0v) is 17.3. The van der Waals surface area contributed by atoms with E-state index in [1.165, 1.54) is 24.0 Å². The van der Waals surface area contributed by atoms with Gasteiger partial charge in [-0.3, -0.25) is 19.7 Å². The number of anilines is 1. The highest BCUT2D eigenvalue weighted by molar-refractivity contribution is 6.16. The number of nitro benzene ring substituents is 1. The van der Waals surface area contributed by atoms with E-state index in [1.807, 2.05) is 30.3 Å². The molecule has 0 radical (unpaired) electrons. The molecule has 0 aliphatic carbocycles. The van der Waals surface area contributed by atoms with Crippen molar-refractivity contribution in [2.24, 2.45) is 0 Å². The fourth-order valence-electron chi connectivity index (χ4n) is 3.81. The Hall–Kier alpha value is -3.95. The number of rotatable bonds is 5. The summed E-state index contributed by atoms with van der Waals surface area (Å²) < 4.78 is 11.1. The lowest BCUT2D eigenvalue weighted by Crippen LogP contribution is -2.61. The van der Waals surface area contributed by atoms with Gasteiger partial charge in [-0.25, -0.2) is 4.79 Å². The number of nitro groups is 1. The molecule has 0 bridgehead atoms. The van der Waals surface area contributed by atoms with Gasteiger partial charge in [0.05, 0.1) is 16.7 Å². The molecule has 1 saturated heterocycles. The second kappa shape index (κ2) is 8.29. The summed E-state index contributed by atoms with van der Waals surface area (Å²) in [5.74, 6) is -1.97. The second-order valence-corrected chi connectivity index (χ2v) is 7.78. The van der Waals surface area contributed by atoms with Gasteiger partial charge < -0.3 is 19.7 Å². The molecule has 2 amide bonds. The van der Waals surface area contributed by atoms with Gasteiger partial charge in [0.2, 0.25) is 0 Å². The summed E-state index contributed by atoms with van der Waals surface area (Å²) in [6.45, 7) is 1.62. The number of hydrogen-bond acceptors (Lipinski definition) is 7. The standard InChI is InChI=1S/C22H21N3O7/c1-22(20(27)23-16-10-9-15(25(29)30)12-18(16)32-22)21(28)24-11-5-8-17(24)19(26)31-13-14-6-3-2-4-7-14/h2-4,6-7,9-10,12,17H,5,8,11,13H2,1H3,(H,23,27)/t17-,22+/m0/s1. The van der Waals surface area contributed by atoms with Crippen LogP contribution in [0.2, 0.25) is 0 Å². The Labute approximate surface area is 183 Å². The minimum atomic E-state index is -1.98. The van der Waals surface area contributed by atoms with Crippen LogP contribution in [-0.2, 0) is 25.7 Å². The van der Waals surface area contributed by atoms with E-state index >= 15 is 0 Å². The highest BCUT2D eigenvalue weighted by Crippen LogP contribution is 2.38. The van der Waals surface area contributed by atoms with Gasteiger partial charge in [-0.05, 0) is 31.4 Å². The van der Waals surface area contributed by atoms with Gasteiger partial charge in [0.25, 0.3) is 23.1 Å². The quantitative estimate of drug-likeness (QED) is 0.328. The summed E-state index contributed by atoms with van der Waals surface area (Å²) in [6, 6.07) is 12.0. The third kappa shape index (κ3) is 3.86. The topological polar surface area (TPSA) is 128 Å². The first-order valence-corrected chi connectivity index (χ1v) is 10.1. The lowest BCUT2D eigenvalue weighted by molar-refractivity contribution is -0.385. The monoisotopic (exact) mass is 439 g/mol. The van der Waals surface area contributed by atoms with Crippen molar-refractivity contribution < 1.29 is 28.8 Å². The van der Waals surface area contributed by atoms with Crippen molar-refractivity contribution in [2.75, 3.05) is 11.9 Å². The summed E-state index contributed by atoms with van der Waals surface area (Å²) in [5.41, 5.74) is -1.17. The number of nitrogens with zero attached hydrogens (tertiary/aromatic N) is 2. The summed E-state index contributed by atoms with van der Waals surface area (Å²) in [7, 11) is 0. The minimum absolute atomic E-state index is 0.0112. The van der Waals surface area contributed by atoms with Gasteiger partial charge in [0.15, 0.2) is 5.75 Å². The van der Waals surface area contributed by atoms with E-state index in [2.05, 4.69) is 5.32 Å².